The van der Waals surface area contributed by atoms with Crippen LogP contribution < -0.4 is 4.74 Å². The first-order valence-electron chi connectivity index (χ1n) is 6.51. The van der Waals surface area contributed by atoms with Crippen LogP contribution in [0.4, 0.5) is 5.69 Å². The van der Waals surface area contributed by atoms with Gasteiger partial charge in [-0.25, -0.2) is 9.59 Å². The number of hydrogen-bond donors (Lipinski definition) is 3. The maximum atomic E-state index is 10.8. The topological polar surface area (TPSA) is 116 Å². The van der Waals surface area contributed by atoms with E-state index in [4.69, 9.17) is 14.9 Å². The van der Waals surface area contributed by atoms with Crippen molar-refractivity contribution in [2.24, 2.45) is 4.99 Å². The van der Waals surface area contributed by atoms with Gasteiger partial charge in [0.05, 0.1) is 5.69 Å². The van der Waals surface area contributed by atoms with Gasteiger partial charge in [-0.3, -0.25) is 4.99 Å². The first-order chi connectivity index (χ1) is 11.0. The van der Waals surface area contributed by atoms with Crippen molar-refractivity contribution >= 4 is 23.8 Å². The third kappa shape index (κ3) is 4.57. The molecule has 23 heavy (non-hydrogen) atoms. The van der Waals surface area contributed by atoms with E-state index in [0.29, 0.717) is 11.3 Å². The van der Waals surface area contributed by atoms with Gasteiger partial charge in [-0.1, -0.05) is 0 Å². The predicted molar refractivity (Wildman–Crippen MR) is 81.5 cm³/mol. The fraction of sp³-hybridized carbons (Fsp3) is 0.0625. The summed E-state index contributed by atoms with van der Waals surface area (Å²) in [7, 11) is 0. The second-order valence-corrected chi connectivity index (χ2v) is 4.52. The highest BCUT2D eigenvalue weighted by Gasteiger charge is 2.27. The maximum Gasteiger partial charge on any atom is 0.356 e. The lowest BCUT2D eigenvalue weighted by Gasteiger charge is -2.10. The number of hydrogen-bond acceptors (Lipinski definition) is 5. The van der Waals surface area contributed by atoms with Crippen molar-refractivity contribution in [3.8, 4) is 11.5 Å². The van der Waals surface area contributed by atoms with E-state index in [0.717, 1.165) is 0 Å². The standard InChI is InChI=1S/C16H13NO6/c18-12-5-3-11(4-6-12)17-9-10-1-7-13(8-2-10)23-14(15(19)20)16(21)22/h1-9,14,18H,(H,19,20)(H,21,22). The van der Waals surface area contributed by atoms with Crippen LogP contribution in [0.3, 0.4) is 0 Å². The molecule has 2 aromatic rings. The summed E-state index contributed by atoms with van der Waals surface area (Å²) in [5.41, 5.74) is 1.37. The highest BCUT2D eigenvalue weighted by molar-refractivity contribution is 5.96. The molecule has 0 bridgehead atoms. The Kier molecular flexibility index (Phi) is 4.93. The van der Waals surface area contributed by atoms with E-state index in [2.05, 4.69) is 4.99 Å². The Balaban J connectivity index is 2.05. The number of aliphatic imine (C=N–C) groups is 1. The molecule has 0 heterocycles. The van der Waals surface area contributed by atoms with E-state index >= 15 is 0 Å². The number of rotatable bonds is 6. The fourth-order valence-corrected chi connectivity index (χ4v) is 1.66. The zero-order valence-corrected chi connectivity index (χ0v) is 11.8. The monoisotopic (exact) mass is 315 g/mol. The van der Waals surface area contributed by atoms with Crippen LogP contribution in [0.5, 0.6) is 11.5 Å². The number of carbonyl (C=O) groups is 2. The van der Waals surface area contributed by atoms with Crippen LogP contribution in [0.1, 0.15) is 5.56 Å². The molecule has 0 aromatic heterocycles. The molecule has 0 spiro atoms. The molecule has 0 radical (unpaired) electrons. The minimum absolute atomic E-state index is 0.126. The molecule has 0 atom stereocenters. The summed E-state index contributed by atoms with van der Waals surface area (Å²) in [4.78, 5) is 25.7. The van der Waals surface area contributed by atoms with Crippen molar-refractivity contribution in [1.82, 2.24) is 0 Å². The molecule has 2 aromatic carbocycles. The van der Waals surface area contributed by atoms with Crippen molar-refractivity contribution in [2.75, 3.05) is 0 Å². The Morgan fingerprint density at radius 3 is 2.04 bits per heavy atom. The zero-order chi connectivity index (χ0) is 16.8. The van der Waals surface area contributed by atoms with Crippen LogP contribution in [0.15, 0.2) is 53.5 Å². The number of aliphatic carboxylic acids is 2. The lowest BCUT2D eigenvalue weighted by Crippen LogP contribution is -2.35. The molecule has 3 N–H and O–H groups in total. The minimum Gasteiger partial charge on any atom is -0.508 e. The third-order valence-corrected chi connectivity index (χ3v) is 2.80. The number of phenolic OH excluding ortho intramolecular Hbond substituents is 1. The number of carboxylic acids is 2. The predicted octanol–water partition coefficient (Wildman–Crippen LogP) is 2.06. The van der Waals surface area contributed by atoms with Crippen molar-refractivity contribution < 1.29 is 29.6 Å². The molecule has 0 aliphatic rings. The number of aromatic hydroxyl groups is 1. The molecule has 118 valence electrons. The maximum absolute atomic E-state index is 10.8. The average molecular weight is 315 g/mol. The smallest absolute Gasteiger partial charge is 0.356 e. The van der Waals surface area contributed by atoms with Crippen molar-refractivity contribution in [3.63, 3.8) is 0 Å². The third-order valence-electron chi connectivity index (χ3n) is 2.80. The summed E-state index contributed by atoms with van der Waals surface area (Å²) in [5.74, 6) is -2.87. The first-order valence-corrected chi connectivity index (χ1v) is 6.51. The summed E-state index contributed by atoms with van der Waals surface area (Å²) >= 11 is 0. The Labute approximate surface area is 131 Å². The molecule has 7 heteroatoms. The van der Waals surface area contributed by atoms with Gasteiger partial charge in [0.15, 0.2) is 0 Å². The van der Waals surface area contributed by atoms with Crippen LogP contribution in [0.2, 0.25) is 0 Å². The van der Waals surface area contributed by atoms with Gasteiger partial charge in [0.25, 0.3) is 6.10 Å². The summed E-state index contributed by atoms with van der Waals surface area (Å²) in [6.07, 6.45) is -0.381. The normalized spacial score (nSPS) is 10.8. The Bertz CT molecular complexity index is 707. The average Bonchev–Trinajstić information content (AvgIpc) is 2.52. The molecule has 0 saturated carbocycles. The van der Waals surface area contributed by atoms with Crippen molar-refractivity contribution in [3.05, 3.63) is 54.1 Å². The molecule has 0 amide bonds. The van der Waals surface area contributed by atoms with Gasteiger partial charge in [0.2, 0.25) is 0 Å². The SMILES string of the molecule is O=C(O)C(Oc1ccc(C=Nc2ccc(O)cc2)cc1)C(=O)O. The molecule has 2 rings (SSSR count). The Hall–Kier alpha value is -3.35. The number of ether oxygens (including phenoxy) is 1. The van der Waals surface area contributed by atoms with Gasteiger partial charge in [-0.15, -0.1) is 0 Å². The number of carboxylic acid groups (broad SMARTS) is 2. The fourth-order valence-electron chi connectivity index (χ4n) is 1.66. The Morgan fingerprint density at radius 2 is 1.52 bits per heavy atom. The summed E-state index contributed by atoms with van der Waals surface area (Å²) in [6.45, 7) is 0. The molecule has 0 saturated heterocycles. The number of nitrogens with zero attached hydrogens (tertiary/aromatic N) is 1. The van der Waals surface area contributed by atoms with Crippen molar-refractivity contribution in [1.29, 1.82) is 0 Å². The van der Waals surface area contributed by atoms with Gasteiger partial charge in [0.1, 0.15) is 11.5 Å². The zero-order valence-electron chi connectivity index (χ0n) is 11.8. The molecule has 0 unspecified atom stereocenters. The second kappa shape index (κ2) is 7.08. The van der Waals surface area contributed by atoms with E-state index in [9.17, 15) is 14.7 Å². The second-order valence-electron chi connectivity index (χ2n) is 4.52. The van der Waals surface area contributed by atoms with Gasteiger partial charge in [-0.05, 0) is 54.1 Å². The quantitative estimate of drug-likeness (QED) is 0.555. The molecular weight excluding hydrogens is 302 g/mol. The largest absolute Gasteiger partial charge is 0.508 e. The van der Waals surface area contributed by atoms with Crippen LogP contribution in [-0.4, -0.2) is 39.6 Å². The van der Waals surface area contributed by atoms with Gasteiger partial charge in [-0.2, -0.15) is 0 Å². The van der Waals surface area contributed by atoms with E-state index in [1.807, 2.05) is 0 Å². The Morgan fingerprint density at radius 1 is 0.957 bits per heavy atom. The van der Waals surface area contributed by atoms with Crippen LogP contribution >= 0.6 is 0 Å². The summed E-state index contributed by atoms with van der Waals surface area (Å²) in [5, 5.41) is 26.7. The molecule has 7 nitrogen and oxygen atoms in total. The number of benzene rings is 2. The molecule has 0 aliphatic carbocycles. The van der Waals surface area contributed by atoms with Crippen LogP contribution in [-0.2, 0) is 9.59 Å². The van der Waals surface area contributed by atoms with E-state index in [1.165, 1.54) is 24.3 Å². The molecule has 0 fully saturated rings. The van der Waals surface area contributed by atoms with Gasteiger partial charge >= 0.3 is 11.9 Å². The lowest BCUT2D eigenvalue weighted by atomic mass is 10.2. The number of phenols is 1. The minimum atomic E-state index is -1.95. The highest BCUT2D eigenvalue weighted by atomic mass is 16.5. The van der Waals surface area contributed by atoms with Crippen LogP contribution in [0, 0.1) is 0 Å². The highest BCUT2D eigenvalue weighted by Crippen LogP contribution is 2.17. The van der Waals surface area contributed by atoms with E-state index < -0.39 is 18.0 Å². The molecular formula is C16H13NO6. The summed E-state index contributed by atoms with van der Waals surface area (Å²) in [6, 6.07) is 12.5. The molecule has 0 aliphatic heterocycles. The van der Waals surface area contributed by atoms with Gasteiger partial charge < -0.3 is 20.1 Å². The summed E-state index contributed by atoms with van der Waals surface area (Å²) < 4.78 is 4.90. The first kappa shape index (κ1) is 16.0. The van der Waals surface area contributed by atoms with Gasteiger partial charge in [0, 0.05) is 6.21 Å². The van der Waals surface area contributed by atoms with Crippen molar-refractivity contribution in [2.45, 2.75) is 6.10 Å². The van der Waals surface area contributed by atoms with E-state index in [-0.39, 0.29) is 11.5 Å². The lowest BCUT2D eigenvalue weighted by molar-refractivity contribution is -0.159. The van der Waals surface area contributed by atoms with Crippen LogP contribution in [0.25, 0.3) is 0 Å². The van der Waals surface area contributed by atoms with E-state index in [1.54, 1.807) is 30.5 Å².